The second-order valence-corrected chi connectivity index (χ2v) is 30.1. The molecule has 0 saturated heterocycles. The lowest BCUT2D eigenvalue weighted by Crippen LogP contribution is -2.30. The summed E-state index contributed by atoms with van der Waals surface area (Å²) in [5.74, 6) is 0.127. The molecule has 0 aliphatic carbocycles. The van der Waals surface area contributed by atoms with E-state index < -0.39 is 97.5 Å². The van der Waals surface area contributed by atoms with Crippen LogP contribution in [0.4, 0.5) is 0 Å². The third-order valence-electron chi connectivity index (χ3n) is 17.0. The summed E-state index contributed by atoms with van der Waals surface area (Å²) in [6.45, 7) is 11.8. The predicted molar refractivity (Wildman–Crippen MR) is 368 cm³/mol. The number of ether oxygens (including phenoxy) is 4. The Bertz CT molecular complexity index is 1790. The number of hydrogen-bond acceptors (Lipinski definition) is 15. The smallest absolute Gasteiger partial charge is 0.462 e. The molecule has 0 aliphatic rings. The number of aliphatic hydroxyl groups excluding tert-OH is 1. The quantitative estimate of drug-likeness (QED) is 0.0222. The van der Waals surface area contributed by atoms with E-state index in [1.165, 1.54) is 167 Å². The van der Waals surface area contributed by atoms with E-state index in [-0.39, 0.29) is 25.7 Å². The first-order chi connectivity index (χ1) is 43.8. The van der Waals surface area contributed by atoms with E-state index in [0.717, 1.165) is 108 Å². The van der Waals surface area contributed by atoms with Gasteiger partial charge in [0.1, 0.15) is 19.3 Å². The van der Waals surface area contributed by atoms with Gasteiger partial charge in [0, 0.05) is 25.7 Å². The minimum Gasteiger partial charge on any atom is -0.462 e. The van der Waals surface area contributed by atoms with E-state index in [2.05, 4.69) is 48.5 Å². The molecule has 0 aliphatic heterocycles. The van der Waals surface area contributed by atoms with Gasteiger partial charge in [-0.05, 0) is 43.4 Å². The average Bonchev–Trinajstić information content (AvgIpc) is 3.66. The van der Waals surface area contributed by atoms with Gasteiger partial charge in [-0.2, -0.15) is 0 Å². The standard InChI is InChI=1S/C72H140O17P2/c1-8-10-11-12-13-14-15-16-17-21-24-32-39-46-53-69(74)82-59-67(88-71(76)55-48-41-33-25-22-19-18-20-23-29-36-43-50-63(3)4)61-86-90(78,79)84-57-66(73)58-85-91(80,81)87-62-68(60-83-70(75)54-47-40-35-28-30-37-44-51-64(5)6)89-72(77)56-49-42-34-27-26-31-38-45-52-65(7)9-2/h63-68,73H,8-62H2,1-7H3,(H,78,79)(H,80,81)/t65?,66-,67-,68-/m1/s1. The Kier molecular flexibility index (Phi) is 61.5. The topological polar surface area (TPSA) is 237 Å². The fraction of sp³-hybridized carbons (Fsp3) is 0.944. The first kappa shape index (κ1) is 89.1. The number of carbonyl (C=O) groups excluding carboxylic acids is 4. The molecule has 17 nitrogen and oxygen atoms in total. The largest absolute Gasteiger partial charge is 0.472 e. The lowest BCUT2D eigenvalue weighted by Gasteiger charge is -2.21. The highest BCUT2D eigenvalue weighted by Gasteiger charge is 2.30. The highest BCUT2D eigenvalue weighted by atomic mass is 31.2. The number of phosphoric acid groups is 2. The monoisotopic (exact) mass is 1340 g/mol. The van der Waals surface area contributed by atoms with Crippen molar-refractivity contribution in [3.05, 3.63) is 0 Å². The Morgan fingerprint density at radius 1 is 0.319 bits per heavy atom. The Balaban J connectivity index is 5.26. The van der Waals surface area contributed by atoms with E-state index in [0.29, 0.717) is 31.6 Å². The van der Waals surface area contributed by atoms with E-state index in [1.54, 1.807) is 0 Å². The van der Waals surface area contributed by atoms with Crippen molar-refractivity contribution >= 4 is 39.5 Å². The summed E-state index contributed by atoms with van der Waals surface area (Å²) in [6.07, 6.45) is 47.1. The maximum Gasteiger partial charge on any atom is 0.472 e. The summed E-state index contributed by atoms with van der Waals surface area (Å²) in [7, 11) is -9.91. The van der Waals surface area contributed by atoms with E-state index >= 15 is 0 Å². The lowest BCUT2D eigenvalue weighted by atomic mass is 9.99. The van der Waals surface area contributed by atoms with Crippen LogP contribution < -0.4 is 0 Å². The minimum atomic E-state index is -4.95. The summed E-state index contributed by atoms with van der Waals surface area (Å²) >= 11 is 0. The number of unbranched alkanes of at least 4 members (excludes halogenated alkanes) is 37. The number of carbonyl (C=O) groups is 4. The number of hydrogen-bond donors (Lipinski definition) is 3. The van der Waals surface area contributed by atoms with Gasteiger partial charge in [-0.25, -0.2) is 9.13 Å². The molecular weight excluding hydrogens is 1200 g/mol. The van der Waals surface area contributed by atoms with Crippen LogP contribution in [0.15, 0.2) is 0 Å². The number of rotatable bonds is 70. The molecule has 3 N–H and O–H groups in total. The maximum absolute atomic E-state index is 13.0. The van der Waals surface area contributed by atoms with Crippen LogP contribution in [0.3, 0.4) is 0 Å². The Labute approximate surface area is 556 Å². The second kappa shape index (κ2) is 62.8. The summed E-state index contributed by atoms with van der Waals surface area (Å²) in [6, 6.07) is 0. The van der Waals surface area contributed by atoms with Gasteiger partial charge in [-0.3, -0.25) is 37.3 Å². The van der Waals surface area contributed by atoms with Crippen molar-refractivity contribution < 1.29 is 80.2 Å². The molecule has 0 amide bonds. The van der Waals surface area contributed by atoms with Crippen molar-refractivity contribution in [3.8, 4) is 0 Å². The van der Waals surface area contributed by atoms with Crippen molar-refractivity contribution in [2.45, 2.75) is 381 Å². The minimum absolute atomic E-state index is 0.104. The van der Waals surface area contributed by atoms with Crippen LogP contribution in [-0.2, 0) is 65.4 Å². The van der Waals surface area contributed by atoms with Gasteiger partial charge in [0.25, 0.3) is 0 Å². The van der Waals surface area contributed by atoms with Crippen molar-refractivity contribution in [2.75, 3.05) is 39.6 Å². The van der Waals surface area contributed by atoms with Crippen LogP contribution in [0, 0.1) is 17.8 Å². The fourth-order valence-electron chi connectivity index (χ4n) is 10.9. The molecular formula is C72H140O17P2. The summed E-state index contributed by atoms with van der Waals surface area (Å²) in [5, 5.41) is 10.6. The van der Waals surface area contributed by atoms with Crippen LogP contribution in [0.5, 0.6) is 0 Å². The fourth-order valence-corrected chi connectivity index (χ4v) is 12.4. The third-order valence-corrected chi connectivity index (χ3v) is 18.9. The highest BCUT2D eigenvalue weighted by Crippen LogP contribution is 2.45. The van der Waals surface area contributed by atoms with Crippen molar-refractivity contribution in [3.63, 3.8) is 0 Å². The van der Waals surface area contributed by atoms with Crippen LogP contribution >= 0.6 is 15.6 Å². The van der Waals surface area contributed by atoms with Crippen LogP contribution in [-0.4, -0.2) is 96.7 Å². The van der Waals surface area contributed by atoms with Crippen LogP contribution in [0.2, 0.25) is 0 Å². The maximum atomic E-state index is 13.0. The van der Waals surface area contributed by atoms with E-state index in [1.807, 2.05) is 0 Å². The number of aliphatic hydroxyl groups is 1. The van der Waals surface area contributed by atoms with Gasteiger partial charge >= 0.3 is 39.5 Å². The molecule has 0 rings (SSSR count). The zero-order chi connectivity index (χ0) is 67.3. The zero-order valence-electron chi connectivity index (χ0n) is 59.3. The zero-order valence-corrected chi connectivity index (χ0v) is 61.1. The molecule has 91 heavy (non-hydrogen) atoms. The van der Waals surface area contributed by atoms with Crippen molar-refractivity contribution in [1.29, 1.82) is 0 Å². The highest BCUT2D eigenvalue weighted by molar-refractivity contribution is 7.47. The van der Waals surface area contributed by atoms with Gasteiger partial charge in [-0.1, -0.05) is 312 Å². The van der Waals surface area contributed by atoms with E-state index in [4.69, 9.17) is 37.0 Å². The molecule has 0 radical (unpaired) electrons. The summed E-state index contributed by atoms with van der Waals surface area (Å²) in [5.41, 5.74) is 0. The van der Waals surface area contributed by atoms with E-state index in [9.17, 15) is 43.2 Å². The van der Waals surface area contributed by atoms with Crippen molar-refractivity contribution in [2.24, 2.45) is 17.8 Å². The average molecular weight is 1340 g/mol. The van der Waals surface area contributed by atoms with Gasteiger partial charge in [0.2, 0.25) is 0 Å². The number of esters is 4. The molecule has 0 saturated carbocycles. The van der Waals surface area contributed by atoms with Gasteiger partial charge < -0.3 is 33.8 Å². The number of phosphoric ester groups is 2. The van der Waals surface area contributed by atoms with Gasteiger partial charge in [0.05, 0.1) is 26.4 Å². The molecule has 0 aromatic carbocycles. The van der Waals surface area contributed by atoms with Gasteiger partial charge in [-0.15, -0.1) is 0 Å². The Hall–Kier alpha value is -1.94. The normalized spacial score (nSPS) is 14.5. The molecule has 540 valence electrons. The van der Waals surface area contributed by atoms with Crippen molar-refractivity contribution in [1.82, 2.24) is 0 Å². The third kappa shape index (κ3) is 65.1. The molecule has 3 unspecified atom stereocenters. The SMILES string of the molecule is CCCCCCCCCCCCCCCCC(=O)OC[C@H](COP(=O)(O)OC[C@@H](O)COP(=O)(O)OC[C@@H](COC(=O)CCCCCCCCCC(C)C)OC(=O)CCCCCCCCCCC(C)CC)OC(=O)CCCCCCCCCCCCCCC(C)C. The Morgan fingerprint density at radius 3 is 0.835 bits per heavy atom. The first-order valence-electron chi connectivity index (χ1n) is 37.4. The molecule has 0 fully saturated rings. The molecule has 6 atom stereocenters. The van der Waals surface area contributed by atoms with Crippen LogP contribution in [0.25, 0.3) is 0 Å². The Morgan fingerprint density at radius 2 is 0.560 bits per heavy atom. The van der Waals surface area contributed by atoms with Crippen LogP contribution in [0.1, 0.15) is 363 Å². The summed E-state index contributed by atoms with van der Waals surface area (Å²) in [4.78, 5) is 72.6. The second-order valence-electron chi connectivity index (χ2n) is 27.2. The molecule has 19 heteroatoms. The predicted octanol–water partition coefficient (Wildman–Crippen LogP) is 20.6. The first-order valence-corrected chi connectivity index (χ1v) is 40.4. The van der Waals surface area contributed by atoms with Gasteiger partial charge in [0.15, 0.2) is 12.2 Å². The molecule has 0 heterocycles. The lowest BCUT2D eigenvalue weighted by molar-refractivity contribution is -0.161. The molecule has 0 bridgehead atoms. The molecule has 0 aromatic rings. The molecule has 0 spiro atoms. The summed E-state index contributed by atoms with van der Waals surface area (Å²) < 4.78 is 68.4. The molecule has 0 aromatic heterocycles.